The highest BCUT2D eigenvalue weighted by atomic mass is 19.1. The molecule has 0 saturated carbocycles. The fourth-order valence-electron chi connectivity index (χ4n) is 3.49. The van der Waals surface area contributed by atoms with E-state index in [0.29, 0.717) is 35.5 Å². The quantitative estimate of drug-likeness (QED) is 0.846. The zero-order valence-electron chi connectivity index (χ0n) is 11.3. The molecule has 19 heavy (non-hydrogen) atoms. The second kappa shape index (κ2) is 5.04. The number of aryl methyl sites for hydroxylation is 1. The molecule has 2 nitrogen and oxygen atoms in total. The second-order valence-corrected chi connectivity index (χ2v) is 6.07. The first-order valence-electron chi connectivity index (χ1n) is 7.17. The van der Waals surface area contributed by atoms with E-state index in [1.165, 1.54) is 18.9 Å². The summed E-state index contributed by atoms with van der Waals surface area (Å²) in [4.78, 5) is 12.2. The Bertz CT molecular complexity index is 488. The first-order chi connectivity index (χ1) is 9.11. The van der Waals surface area contributed by atoms with Crippen LogP contribution < -0.4 is 5.32 Å². The Hall–Kier alpha value is -1.22. The van der Waals surface area contributed by atoms with Gasteiger partial charge in [0.25, 0.3) is 0 Å². The number of ketones is 1. The van der Waals surface area contributed by atoms with Crippen molar-refractivity contribution >= 4 is 5.78 Å². The minimum Gasteiger partial charge on any atom is -0.311 e. The van der Waals surface area contributed by atoms with Crippen molar-refractivity contribution in [2.24, 2.45) is 5.92 Å². The Kier molecular flexibility index (Phi) is 3.40. The number of benzene rings is 1. The number of Topliss-reactive ketones (excluding diaryl/α,β-unsaturated/α-hetero) is 1. The average molecular weight is 261 g/mol. The molecular weight excluding hydrogens is 241 g/mol. The Morgan fingerprint density at radius 1 is 1.32 bits per heavy atom. The molecule has 0 spiro atoms. The van der Waals surface area contributed by atoms with Crippen LogP contribution in [0.15, 0.2) is 18.2 Å². The van der Waals surface area contributed by atoms with E-state index in [9.17, 15) is 9.18 Å². The predicted octanol–water partition coefficient (Wildman–Crippen LogP) is 3.24. The molecule has 0 aliphatic carbocycles. The van der Waals surface area contributed by atoms with Gasteiger partial charge in [-0.15, -0.1) is 0 Å². The molecule has 3 rings (SSSR count). The highest BCUT2D eigenvalue weighted by Gasteiger charge is 2.34. The monoisotopic (exact) mass is 261 g/mol. The van der Waals surface area contributed by atoms with Gasteiger partial charge in [0.1, 0.15) is 5.82 Å². The van der Waals surface area contributed by atoms with Gasteiger partial charge in [-0.05, 0) is 50.2 Å². The van der Waals surface area contributed by atoms with Gasteiger partial charge >= 0.3 is 0 Å². The predicted molar refractivity (Wildman–Crippen MR) is 72.8 cm³/mol. The van der Waals surface area contributed by atoms with Gasteiger partial charge in [0.15, 0.2) is 5.78 Å². The van der Waals surface area contributed by atoms with Crippen LogP contribution in [0.3, 0.4) is 0 Å². The molecule has 2 aliphatic heterocycles. The summed E-state index contributed by atoms with van der Waals surface area (Å²) in [5.41, 5.74) is 1.12. The van der Waals surface area contributed by atoms with Crippen LogP contribution in [0, 0.1) is 18.7 Å². The molecule has 2 unspecified atom stereocenters. The van der Waals surface area contributed by atoms with Crippen LogP contribution in [0.1, 0.15) is 48.0 Å². The maximum absolute atomic E-state index is 13.5. The highest BCUT2D eigenvalue weighted by molar-refractivity contribution is 5.96. The maximum atomic E-state index is 13.5. The first kappa shape index (κ1) is 12.8. The van der Waals surface area contributed by atoms with E-state index in [0.717, 1.165) is 12.8 Å². The summed E-state index contributed by atoms with van der Waals surface area (Å²) < 4.78 is 13.5. The van der Waals surface area contributed by atoms with Crippen molar-refractivity contribution in [3.8, 4) is 0 Å². The highest BCUT2D eigenvalue weighted by Crippen LogP contribution is 2.33. The average Bonchev–Trinajstić information content (AvgIpc) is 2.72. The number of carbonyl (C=O) groups excluding carboxylic acids is 1. The standard InChI is InChI=1S/C16H20FNO/c1-10-2-3-12(9-15(10)17)16(19)8-11-6-13-4-5-14(7-11)18-13/h2-3,9,11,13-14,18H,4-8H2,1H3. The van der Waals surface area contributed by atoms with E-state index in [1.54, 1.807) is 19.1 Å². The summed E-state index contributed by atoms with van der Waals surface area (Å²) >= 11 is 0. The van der Waals surface area contributed by atoms with Crippen LogP contribution in [0.4, 0.5) is 4.39 Å². The molecule has 2 atom stereocenters. The maximum Gasteiger partial charge on any atom is 0.163 e. The van der Waals surface area contributed by atoms with Crippen LogP contribution in [-0.2, 0) is 0 Å². The van der Waals surface area contributed by atoms with Crippen LogP contribution in [0.2, 0.25) is 0 Å². The molecule has 2 fully saturated rings. The Morgan fingerprint density at radius 2 is 2.00 bits per heavy atom. The van der Waals surface area contributed by atoms with Gasteiger partial charge in [-0.3, -0.25) is 4.79 Å². The summed E-state index contributed by atoms with van der Waals surface area (Å²) in [5.74, 6) is 0.275. The summed E-state index contributed by atoms with van der Waals surface area (Å²) in [6, 6.07) is 6.02. The van der Waals surface area contributed by atoms with E-state index in [1.807, 2.05) is 0 Å². The molecule has 0 aromatic heterocycles. The number of piperidine rings is 1. The van der Waals surface area contributed by atoms with Crippen molar-refractivity contribution in [1.82, 2.24) is 5.32 Å². The molecular formula is C16H20FNO. The van der Waals surface area contributed by atoms with Gasteiger partial charge in [0, 0.05) is 24.1 Å². The van der Waals surface area contributed by atoms with E-state index in [4.69, 9.17) is 0 Å². The smallest absolute Gasteiger partial charge is 0.163 e. The van der Waals surface area contributed by atoms with Crippen LogP contribution in [0.25, 0.3) is 0 Å². The molecule has 0 amide bonds. The zero-order valence-corrected chi connectivity index (χ0v) is 11.3. The number of nitrogens with one attached hydrogen (secondary N) is 1. The number of fused-ring (bicyclic) bond motifs is 2. The Balaban J connectivity index is 1.66. The number of rotatable bonds is 3. The normalized spacial score (nSPS) is 29.5. The van der Waals surface area contributed by atoms with Gasteiger partial charge in [-0.2, -0.15) is 0 Å². The topological polar surface area (TPSA) is 29.1 Å². The van der Waals surface area contributed by atoms with Crippen molar-refractivity contribution < 1.29 is 9.18 Å². The van der Waals surface area contributed by atoms with Crippen molar-refractivity contribution in [2.75, 3.05) is 0 Å². The third-order valence-corrected chi connectivity index (χ3v) is 4.54. The third-order valence-electron chi connectivity index (χ3n) is 4.54. The van der Waals surface area contributed by atoms with Crippen molar-refractivity contribution in [3.63, 3.8) is 0 Å². The van der Waals surface area contributed by atoms with Gasteiger partial charge in [-0.25, -0.2) is 4.39 Å². The van der Waals surface area contributed by atoms with Crippen LogP contribution in [0.5, 0.6) is 0 Å². The molecule has 2 aliphatic rings. The summed E-state index contributed by atoms with van der Waals surface area (Å²) in [6.45, 7) is 1.72. The van der Waals surface area contributed by atoms with Gasteiger partial charge in [0.2, 0.25) is 0 Å². The molecule has 3 heteroatoms. The molecule has 2 bridgehead atoms. The summed E-state index contributed by atoms with van der Waals surface area (Å²) in [5, 5.41) is 3.58. The van der Waals surface area contributed by atoms with Gasteiger partial charge in [-0.1, -0.05) is 12.1 Å². The third kappa shape index (κ3) is 2.71. The fourth-order valence-corrected chi connectivity index (χ4v) is 3.49. The van der Waals surface area contributed by atoms with Crippen LogP contribution in [-0.4, -0.2) is 17.9 Å². The SMILES string of the molecule is Cc1ccc(C(=O)CC2CC3CCC(C2)N3)cc1F. The van der Waals surface area contributed by atoms with Gasteiger partial charge in [0.05, 0.1) is 0 Å². The lowest BCUT2D eigenvalue weighted by Gasteiger charge is -2.28. The van der Waals surface area contributed by atoms with E-state index >= 15 is 0 Å². The molecule has 0 radical (unpaired) electrons. The number of halogens is 1. The lowest BCUT2D eigenvalue weighted by molar-refractivity contribution is 0.0945. The Morgan fingerprint density at radius 3 is 2.63 bits per heavy atom. The second-order valence-electron chi connectivity index (χ2n) is 6.07. The zero-order chi connectivity index (χ0) is 13.4. The first-order valence-corrected chi connectivity index (χ1v) is 7.17. The van der Waals surface area contributed by atoms with Crippen molar-refractivity contribution in [1.29, 1.82) is 0 Å². The number of hydrogen-bond acceptors (Lipinski definition) is 2. The van der Waals surface area contributed by atoms with E-state index < -0.39 is 0 Å². The molecule has 1 N–H and O–H groups in total. The largest absolute Gasteiger partial charge is 0.311 e. The molecule has 102 valence electrons. The molecule has 1 aromatic rings. The lowest BCUT2D eigenvalue weighted by atomic mass is 9.87. The summed E-state index contributed by atoms with van der Waals surface area (Å²) in [7, 11) is 0. The number of carbonyl (C=O) groups is 1. The van der Waals surface area contributed by atoms with Crippen molar-refractivity contribution in [3.05, 3.63) is 35.1 Å². The van der Waals surface area contributed by atoms with E-state index in [-0.39, 0.29) is 11.6 Å². The number of hydrogen-bond donors (Lipinski definition) is 1. The molecule has 1 aromatic carbocycles. The summed E-state index contributed by atoms with van der Waals surface area (Å²) in [6.07, 6.45) is 5.24. The van der Waals surface area contributed by atoms with Crippen LogP contribution >= 0.6 is 0 Å². The molecule has 2 saturated heterocycles. The molecule has 2 heterocycles. The van der Waals surface area contributed by atoms with E-state index in [2.05, 4.69) is 5.32 Å². The minimum atomic E-state index is -0.281. The Labute approximate surface area is 113 Å². The lowest BCUT2D eigenvalue weighted by Crippen LogP contribution is -2.38. The minimum absolute atomic E-state index is 0.0881. The van der Waals surface area contributed by atoms with Gasteiger partial charge < -0.3 is 5.32 Å². The van der Waals surface area contributed by atoms with Crippen molar-refractivity contribution in [2.45, 2.75) is 51.1 Å². The fraction of sp³-hybridized carbons (Fsp3) is 0.562.